The first-order chi connectivity index (χ1) is 9.70. The van der Waals surface area contributed by atoms with Crippen molar-refractivity contribution >= 4 is 16.7 Å². The van der Waals surface area contributed by atoms with Crippen molar-refractivity contribution in [3.63, 3.8) is 0 Å². The number of aromatic nitrogens is 2. The SMILES string of the molecule is Cc1cccc(C)c1-c1nc(NN)c2ccccc2n1. The summed E-state index contributed by atoms with van der Waals surface area (Å²) in [6, 6.07) is 14.0. The summed E-state index contributed by atoms with van der Waals surface area (Å²) in [4.78, 5) is 9.23. The Balaban J connectivity index is 2.32. The normalized spacial score (nSPS) is 10.8. The molecule has 0 radical (unpaired) electrons. The van der Waals surface area contributed by atoms with Gasteiger partial charge in [-0.15, -0.1) is 0 Å². The predicted octanol–water partition coefficient (Wildman–Crippen LogP) is 3.20. The fourth-order valence-electron chi connectivity index (χ4n) is 2.47. The molecule has 1 aromatic heterocycles. The van der Waals surface area contributed by atoms with Gasteiger partial charge in [0.1, 0.15) is 0 Å². The summed E-state index contributed by atoms with van der Waals surface area (Å²) in [6.45, 7) is 4.13. The van der Waals surface area contributed by atoms with E-state index >= 15 is 0 Å². The van der Waals surface area contributed by atoms with Crippen LogP contribution < -0.4 is 11.3 Å². The molecular formula is C16H16N4. The molecule has 0 aliphatic rings. The average molecular weight is 264 g/mol. The summed E-state index contributed by atoms with van der Waals surface area (Å²) in [6.07, 6.45) is 0. The predicted molar refractivity (Wildman–Crippen MR) is 82.3 cm³/mol. The van der Waals surface area contributed by atoms with Crippen LogP contribution in [0.4, 0.5) is 5.82 Å². The van der Waals surface area contributed by atoms with Gasteiger partial charge in [0.25, 0.3) is 0 Å². The zero-order chi connectivity index (χ0) is 14.1. The number of nitrogens with one attached hydrogen (secondary N) is 1. The number of nitrogens with two attached hydrogens (primary N) is 1. The Morgan fingerprint density at radius 1 is 0.900 bits per heavy atom. The Morgan fingerprint density at radius 2 is 1.60 bits per heavy atom. The third kappa shape index (κ3) is 2.00. The van der Waals surface area contributed by atoms with Crippen molar-refractivity contribution in [3.8, 4) is 11.4 Å². The Hall–Kier alpha value is -2.46. The lowest BCUT2D eigenvalue weighted by molar-refractivity contribution is 1.17. The lowest BCUT2D eigenvalue weighted by atomic mass is 10.0. The lowest BCUT2D eigenvalue weighted by Gasteiger charge is -2.11. The van der Waals surface area contributed by atoms with Gasteiger partial charge in [-0.2, -0.15) is 0 Å². The molecule has 4 nitrogen and oxygen atoms in total. The van der Waals surface area contributed by atoms with E-state index in [4.69, 9.17) is 5.84 Å². The molecule has 0 atom stereocenters. The minimum absolute atomic E-state index is 0.647. The number of hydrogen-bond donors (Lipinski definition) is 2. The summed E-state index contributed by atoms with van der Waals surface area (Å²) < 4.78 is 0. The number of anilines is 1. The van der Waals surface area contributed by atoms with Crippen LogP contribution in [0.1, 0.15) is 11.1 Å². The molecule has 0 spiro atoms. The smallest absolute Gasteiger partial charge is 0.162 e. The van der Waals surface area contributed by atoms with E-state index in [0.29, 0.717) is 11.6 Å². The summed E-state index contributed by atoms with van der Waals surface area (Å²) in [7, 11) is 0. The average Bonchev–Trinajstić information content (AvgIpc) is 2.46. The molecule has 2 aromatic carbocycles. The van der Waals surface area contributed by atoms with Crippen LogP contribution in [0.5, 0.6) is 0 Å². The number of fused-ring (bicyclic) bond motifs is 1. The Bertz CT molecular complexity index is 760. The van der Waals surface area contributed by atoms with Crippen LogP contribution in [0, 0.1) is 13.8 Å². The maximum absolute atomic E-state index is 5.60. The molecule has 3 aromatic rings. The maximum Gasteiger partial charge on any atom is 0.162 e. The maximum atomic E-state index is 5.60. The third-order valence-corrected chi connectivity index (χ3v) is 3.44. The molecule has 0 fully saturated rings. The topological polar surface area (TPSA) is 63.8 Å². The van der Waals surface area contributed by atoms with E-state index in [2.05, 4.69) is 41.4 Å². The number of nitrogen functional groups attached to an aromatic ring is 1. The van der Waals surface area contributed by atoms with Gasteiger partial charge in [0, 0.05) is 10.9 Å². The molecule has 100 valence electrons. The first-order valence-corrected chi connectivity index (χ1v) is 6.50. The van der Waals surface area contributed by atoms with E-state index in [0.717, 1.165) is 27.6 Å². The largest absolute Gasteiger partial charge is 0.308 e. The van der Waals surface area contributed by atoms with Gasteiger partial charge in [0.2, 0.25) is 0 Å². The fraction of sp³-hybridized carbons (Fsp3) is 0.125. The summed E-state index contributed by atoms with van der Waals surface area (Å²) in [5.41, 5.74) is 6.93. The van der Waals surface area contributed by atoms with Crippen molar-refractivity contribution in [1.82, 2.24) is 9.97 Å². The minimum atomic E-state index is 0.647. The molecule has 0 unspecified atom stereocenters. The van der Waals surface area contributed by atoms with E-state index in [9.17, 15) is 0 Å². The number of rotatable bonds is 2. The van der Waals surface area contributed by atoms with Crippen molar-refractivity contribution in [2.45, 2.75) is 13.8 Å². The van der Waals surface area contributed by atoms with Gasteiger partial charge in [-0.25, -0.2) is 15.8 Å². The van der Waals surface area contributed by atoms with Crippen LogP contribution in [0.2, 0.25) is 0 Å². The van der Waals surface area contributed by atoms with E-state index in [1.807, 2.05) is 30.3 Å². The Labute approximate surface area is 117 Å². The molecule has 0 saturated heterocycles. The van der Waals surface area contributed by atoms with Crippen LogP contribution in [-0.2, 0) is 0 Å². The molecule has 3 N–H and O–H groups in total. The van der Waals surface area contributed by atoms with Gasteiger partial charge < -0.3 is 5.43 Å². The number of nitrogens with zero attached hydrogens (tertiary/aromatic N) is 2. The first kappa shape index (κ1) is 12.6. The highest BCUT2D eigenvalue weighted by Gasteiger charge is 2.12. The number of aryl methyl sites for hydroxylation is 2. The molecule has 0 aliphatic carbocycles. The quantitative estimate of drug-likeness (QED) is 0.551. The summed E-state index contributed by atoms with van der Waals surface area (Å²) in [5, 5.41) is 0.921. The highest BCUT2D eigenvalue weighted by molar-refractivity contribution is 5.90. The second-order valence-corrected chi connectivity index (χ2v) is 4.82. The Morgan fingerprint density at radius 3 is 2.30 bits per heavy atom. The molecule has 20 heavy (non-hydrogen) atoms. The Kier molecular flexibility index (Phi) is 3.08. The van der Waals surface area contributed by atoms with E-state index in [1.54, 1.807) is 0 Å². The number of hydrogen-bond acceptors (Lipinski definition) is 4. The van der Waals surface area contributed by atoms with Crippen molar-refractivity contribution in [3.05, 3.63) is 53.6 Å². The molecular weight excluding hydrogens is 248 g/mol. The van der Waals surface area contributed by atoms with E-state index in [-0.39, 0.29) is 0 Å². The highest BCUT2D eigenvalue weighted by Crippen LogP contribution is 2.28. The highest BCUT2D eigenvalue weighted by atomic mass is 15.3. The van der Waals surface area contributed by atoms with Crippen LogP contribution in [-0.4, -0.2) is 9.97 Å². The van der Waals surface area contributed by atoms with Gasteiger partial charge in [0.05, 0.1) is 5.52 Å². The third-order valence-electron chi connectivity index (χ3n) is 3.44. The summed E-state index contributed by atoms with van der Waals surface area (Å²) in [5.74, 6) is 6.95. The second-order valence-electron chi connectivity index (χ2n) is 4.82. The second kappa shape index (κ2) is 4.90. The van der Waals surface area contributed by atoms with Gasteiger partial charge in [0.15, 0.2) is 11.6 Å². The zero-order valence-electron chi connectivity index (χ0n) is 11.5. The summed E-state index contributed by atoms with van der Waals surface area (Å²) >= 11 is 0. The molecule has 0 amide bonds. The fourth-order valence-corrected chi connectivity index (χ4v) is 2.47. The van der Waals surface area contributed by atoms with Crippen molar-refractivity contribution in [2.75, 3.05) is 5.43 Å². The standard InChI is InChI=1S/C16H16N4/c1-10-6-5-7-11(2)14(10)16-18-13-9-4-3-8-12(13)15(19-16)20-17/h3-9H,17H2,1-2H3,(H,18,19,20). The number of para-hydroxylation sites is 1. The molecule has 1 heterocycles. The van der Waals surface area contributed by atoms with Crippen molar-refractivity contribution < 1.29 is 0 Å². The van der Waals surface area contributed by atoms with Crippen LogP contribution in [0.15, 0.2) is 42.5 Å². The lowest BCUT2D eigenvalue weighted by Crippen LogP contribution is -2.10. The van der Waals surface area contributed by atoms with Gasteiger partial charge in [-0.1, -0.05) is 30.3 Å². The number of benzene rings is 2. The monoisotopic (exact) mass is 264 g/mol. The van der Waals surface area contributed by atoms with Crippen molar-refractivity contribution in [2.24, 2.45) is 5.84 Å². The van der Waals surface area contributed by atoms with Gasteiger partial charge in [-0.3, -0.25) is 0 Å². The molecule has 0 saturated carbocycles. The van der Waals surface area contributed by atoms with E-state index < -0.39 is 0 Å². The van der Waals surface area contributed by atoms with Crippen LogP contribution >= 0.6 is 0 Å². The van der Waals surface area contributed by atoms with E-state index in [1.165, 1.54) is 0 Å². The zero-order valence-corrected chi connectivity index (χ0v) is 11.5. The first-order valence-electron chi connectivity index (χ1n) is 6.50. The molecule has 0 aliphatic heterocycles. The molecule has 4 heteroatoms. The van der Waals surface area contributed by atoms with Crippen molar-refractivity contribution in [1.29, 1.82) is 0 Å². The molecule has 3 rings (SSSR count). The van der Waals surface area contributed by atoms with Crippen LogP contribution in [0.3, 0.4) is 0 Å². The van der Waals surface area contributed by atoms with Gasteiger partial charge >= 0.3 is 0 Å². The van der Waals surface area contributed by atoms with Gasteiger partial charge in [-0.05, 0) is 37.1 Å². The number of hydrazine groups is 1. The minimum Gasteiger partial charge on any atom is -0.308 e. The van der Waals surface area contributed by atoms with Crippen LogP contribution in [0.25, 0.3) is 22.3 Å². The molecule has 0 bridgehead atoms.